The molecule has 0 aliphatic rings. The first kappa shape index (κ1) is 17.7. The van der Waals surface area contributed by atoms with Crippen LogP contribution >= 0.6 is 26.6 Å². The van der Waals surface area contributed by atoms with Gasteiger partial charge in [-0.25, -0.2) is 17.2 Å². The van der Waals surface area contributed by atoms with E-state index in [2.05, 4.69) is 15.9 Å². The van der Waals surface area contributed by atoms with Crippen molar-refractivity contribution in [3.05, 3.63) is 28.2 Å². The van der Waals surface area contributed by atoms with Crippen molar-refractivity contribution < 1.29 is 21.9 Å². The second-order valence-corrected chi connectivity index (χ2v) is 7.96. The SMILES string of the molecule is O=S(=O)(Cl)CCCCCCOc1c(F)cc(F)cc1Br. The summed E-state index contributed by atoms with van der Waals surface area (Å²) in [5.41, 5.74) is 0. The monoisotopic (exact) mass is 390 g/mol. The minimum Gasteiger partial charge on any atom is -0.489 e. The molecule has 0 fully saturated rings. The van der Waals surface area contributed by atoms with Gasteiger partial charge in [-0.1, -0.05) is 12.8 Å². The zero-order chi connectivity index (χ0) is 15.2. The molecule has 0 aromatic heterocycles. The standard InChI is InChI=1S/C12H14BrClF2O3S/c13-10-7-9(15)8-11(16)12(10)19-5-3-1-2-4-6-20(14,17)18/h7-8H,1-6H2. The summed E-state index contributed by atoms with van der Waals surface area (Å²) in [6.07, 6.45) is 2.57. The Kier molecular flexibility index (Phi) is 7.19. The fraction of sp³-hybridized carbons (Fsp3) is 0.500. The molecular weight excluding hydrogens is 378 g/mol. The Morgan fingerprint density at radius 1 is 1.15 bits per heavy atom. The van der Waals surface area contributed by atoms with Gasteiger partial charge < -0.3 is 4.74 Å². The lowest BCUT2D eigenvalue weighted by molar-refractivity contribution is 0.287. The van der Waals surface area contributed by atoms with Crippen LogP contribution < -0.4 is 4.74 Å². The zero-order valence-corrected chi connectivity index (χ0v) is 13.7. The fourth-order valence-corrected chi connectivity index (χ4v) is 2.97. The number of halogens is 4. The smallest absolute Gasteiger partial charge is 0.232 e. The molecule has 0 radical (unpaired) electrons. The first-order valence-electron chi connectivity index (χ1n) is 5.99. The molecule has 0 aliphatic carbocycles. The molecule has 114 valence electrons. The Hall–Kier alpha value is -0.400. The van der Waals surface area contributed by atoms with E-state index in [0.717, 1.165) is 18.6 Å². The quantitative estimate of drug-likeness (QED) is 0.492. The molecule has 0 saturated heterocycles. The van der Waals surface area contributed by atoms with Crippen molar-refractivity contribution in [2.45, 2.75) is 25.7 Å². The Labute approximate surface area is 129 Å². The van der Waals surface area contributed by atoms with Crippen molar-refractivity contribution in [1.82, 2.24) is 0 Å². The maximum atomic E-state index is 13.4. The predicted octanol–water partition coefficient (Wildman–Crippen LogP) is 4.24. The number of ether oxygens (including phenoxy) is 1. The van der Waals surface area contributed by atoms with Crippen LogP contribution in [0.1, 0.15) is 25.7 Å². The Morgan fingerprint density at radius 2 is 1.80 bits per heavy atom. The van der Waals surface area contributed by atoms with E-state index in [0.29, 0.717) is 19.3 Å². The Balaban J connectivity index is 2.25. The van der Waals surface area contributed by atoms with E-state index >= 15 is 0 Å². The van der Waals surface area contributed by atoms with Gasteiger partial charge in [0.1, 0.15) is 5.82 Å². The largest absolute Gasteiger partial charge is 0.489 e. The van der Waals surface area contributed by atoms with E-state index in [1.165, 1.54) is 0 Å². The summed E-state index contributed by atoms with van der Waals surface area (Å²) in [5.74, 6) is -1.50. The van der Waals surface area contributed by atoms with E-state index in [1.807, 2.05) is 0 Å². The molecule has 0 amide bonds. The second kappa shape index (κ2) is 8.14. The van der Waals surface area contributed by atoms with Crippen LogP contribution in [0.2, 0.25) is 0 Å². The second-order valence-electron chi connectivity index (χ2n) is 4.20. The highest BCUT2D eigenvalue weighted by Gasteiger charge is 2.10. The van der Waals surface area contributed by atoms with Gasteiger partial charge in [-0.05, 0) is 34.8 Å². The topological polar surface area (TPSA) is 43.4 Å². The predicted molar refractivity (Wildman–Crippen MR) is 77.7 cm³/mol. The molecule has 1 rings (SSSR count). The molecule has 1 aromatic rings. The van der Waals surface area contributed by atoms with Crippen molar-refractivity contribution in [1.29, 1.82) is 0 Å². The maximum absolute atomic E-state index is 13.4. The van der Waals surface area contributed by atoms with E-state index in [-0.39, 0.29) is 22.6 Å². The number of rotatable bonds is 8. The third kappa shape index (κ3) is 6.85. The third-order valence-electron chi connectivity index (χ3n) is 2.49. The van der Waals surface area contributed by atoms with Gasteiger partial charge in [0, 0.05) is 16.7 Å². The van der Waals surface area contributed by atoms with Gasteiger partial charge in [0.05, 0.1) is 16.8 Å². The minimum absolute atomic E-state index is 0.0188. The van der Waals surface area contributed by atoms with Gasteiger partial charge >= 0.3 is 0 Å². The Bertz CT molecular complexity index is 529. The first-order chi connectivity index (χ1) is 9.29. The van der Waals surface area contributed by atoms with Crippen LogP contribution in [0.4, 0.5) is 8.78 Å². The van der Waals surface area contributed by atoms with Crippen LogP contribution in [0, 0.1) is 11.6 Å². The van der Waals surface area contributed by atoms with Gasteiger partial charge in [-0.2, -0.15) is 0 Å². The average molecular weight is 392 g/mol. The van der Waals surface area contributed by atoms with Crippen molar-refractivity contribution in [3.8, 4) is 5.75 Å². The molecule has 0 aliphatic heterocycles. The van der Waals surface area contributed by atoms with Gasteiger partial charge in [-0.3, -0.25) is 0 Å². The summed E-state index contributed by atoms with van der Waals surface area (Å²) in [4.78, 5) is 0. The fourth-order valence-electron chi connectivity index (χ4n) is 1.57. The van der Waals surface area contributed by atoms with E-state index in [4.69, 9.17) is 15.4 Å². The molecule has 0 unspecified atom stereocenters. The molecule has 0 bridgehead atoms. The highest BCUT2D eigenvalue weighted by atomic mass is 79.9. The normalized spacial score (nSPS) is 11.6. The summed E-state index contributed by atoms with van der Waals surface area (Å²) in [6.45, 7) is 0.273. The summed E-state index contributed by atoms with van der Waals surface area (Å²) in [5, 5.41) is 0. The average Bonchev–Trinajstić information content (AvgIpc) is 2.29. The van der Waals surface area contributed by atoms with Crippen LogP contribution in [0.15, 0.2) is 16.6 Å². The summed E-state index contributed by atoms with van der Waals surface area (Å²) in [6, 6.07) is 1.88. The molecule has 8 heteroatoms. The molecule has 0 heterocycles. The lowest BCUT2D eigenvalue weighted by atomic mass is 10.2. The first-order valence-corrected chi connectivity index (χ1v) is 9.26. The molecular formula is C12H14BrClF2O3S. The molecule has 3 nitrogen and oxygen atoms in total. The van der Waals surface area contributed by atoms with Crippen molar-refractivity contribution in [3.63, 3.8) is 0 Å². The molecule has 1 aromatic carbocycles. The number of benzene rings is 1. The summed E-state index contributed by atoms with van der Waals surface area (Å²) >= 11 is 3.03. The lowest BCUT2D eigenvalue weighted by Gasteiger charge is -2.09. The summed E-state index contributed by atoms with van der Waals surface area (Å²) < 4.78 is 53.0. The van der Waals surface area contributed by atoms with Crippen molar-refractivity contribution >= 4 is 35.7 Å². The van der Waals surface area contributed by atoms with Crippen LogP contribution in [-0.2, 0) is 9.05 Å². The van der Waals surface area contributed by atoms with E-state index in [9.17, 15) is 17.2 Å². The van der Waals surface area contributed by atoms with Crippen LogP contribution in [0.25, 0.3) is 0 Å². The maximum Gasteiger partial charge on any atom is 0.232 e. The highest BCUT2D eigenvalue weighted by molar-refractivity contribution is 9.10. The highest BCUT2D eigenvalue weighted by Crippen LogP contribution is 2.29. The molecule has 0 N–H and O–H groups in total. The molecule has 20 heavy (non-hydrogen) atoms. The third-order valence-corrected chi connectivity index (χ3v) is 4.32. The lowest BCUT2D eigenvalue weighted by Crippen LogP contribution is -2.01. The number of hydrogen-bond donors (Lipinski definition) is 0. The zero-order valence-electron chi connectivity index (χ0n) is 10.5. The van der Waals surface area contributed by atoms with Crippen LogP contribution in [0.5, 0.6) is 5.75 Å². The molecule has 0 atom stereocenters. The van der Waals surface area contributed by atoms with Gasteiger partial charge in [-0.15, -0.1) is 0 Å². The van der Waals surface area contributed by atoms with Crippen LogP contribution in [-0.4, -0.2) is 20.8 Å². The van der Waals surface area contributed by atoms with Gasteiger partial charge in [0.2, 0.25) is 9.05 Å². The number of hydrogen-bond acceptors (Lipinski definition) is 3. The minimum atomic E-state index is -3.43. The molecule has 0 saturated carbocycles. The Morgan fingerprint density at radius 3 is 2.40 bits per heavy atom. The van der Waals surface area contributed by atoms with Crippen LogP contribution in [0.3, 0.4) is 0 Å². The van der Waals surface area contributed by atoms with Crippen molar-refractivity contribution in [2.75, 3.05) is 12.4 Å². The van der Waals surface area contributed by atoms with Gasteiger partial charge in [0.15, 0.2) is 11.6 Å². The summed E-state index contributed by atoms with van der Waals surface area (Å²) in [7, 11) is 1.65. The van der Waals surface area contributed by atoms with E-state index in [1.54, 1.807) is 0 Å². The molecule has 0 spiro atoms. The number of unbranched alkanes of at least 4 members (excludes halogenated alkanes) is 3. The van der Waals surface area contributed by atoms with E-state index < -0.39 is 20.7 Å². The van der Waals surface area contributed by atoms with Crippen molar-refractivity contribution in [2.24, 2.45) is 0 Å². The van der Waals surface area contributed by atoms with Gasteiger partial charge in [0.25, 0.3) is 0 Å².